The molecule has 1 saturated heterocycles. The molecule has 0 aliphatic carbocycles. The SMILES string of the molecule is CCCCCCCCCC(=O)N[C@@H](CCCN=C(N)N)C(=O)Nc1ccn([C@H]2O[C@@H](CO)[C@H](O)[C@H]2O)c(=O)n1. The van der Waals surface area contributed by atoms with Gasteiger partial charge in [0.25, 0.3) is 0 Å². The van der Waals surface area contributed by atoms with E-state index in [0.717, 1.165) is 30.3 Å². The summed E-state index contributed by atoms with van der Waals surface area (Å²) in [5.74, 6) is -0.954. The van der Waals surface area contributed by atoms with E-state index in [9.17, 15) is 29.7 Å². The number of guanidine groups is 1. The number of anilines is 1. The molecule has 220 valence electrons. The monoisotopic (exact) mass is 553 g/mol. The smallest absolute Gasteiger partial charge is 0.351 e. The van der Waals surface area contributed by atoms with E-state index in [1.165, 1.54) is 31.5 Å². The lowest BCUT2D eigenvalue weighted by Crippen LogP contribution is -2.44. The fraction of sp³-hybridized carbons (Fsp3) is 0.720. The lowest BCUT2D eigenvalue weighted by Gasteiger charge is -2.19. The minimum Gasteiger partial charge on any atom is -0.394 e. The second kappa shape index (κ2) is 16.8. The Morgan fingerprint density at radius 2 is 1.82 bits per heavy atom. The summed E-state index contributed by atoms with van der Waals surface area (Å²) in [4.78, 5) is 45.8. The molecule has 0 spiro atoms. The van der Waals surface area contributed by atoms with Crippen LogP contribution in [-0.2, 0) is 14.3 Å². The van der Waals surface area contributed by atoms with Gasteiger partial charge in [-0.25, -0.2) is 4.79 Å². The quantitative estimate of drug-likeness (QED) is 0.0741. The number of carbonyl (C=O) groups excluding carboxylic acids is 2. The number of nitrogens with zero attached hydrogens (tertiary/aromatic N) is 3. The lowest BCUT2D eigenvalue weighted by molar-refractivity contribution is -0.126. The second-order valence-electron chi connectivity index (χ2n) is 9.66. The number of nitrogens with two attached hydrogens (primary N) is 2. The third-order valence-electron chi connectivity index (χ3n) is 6.48. The van der Waals surface area contributed by atoms with Gasteiger partial charge >= 0.3 is 5.69 Å². The Morgan fingerprint density at radius 3 is 2.44 bits per heavy atom. The molecule has 1 aliphatic rings. The summed E-state index contributed by atoms with van der Waals surface area (Å²) in [5, 5.41) is 34.6. The summed E-state index contributed by atoms with van der Waals surface area (Å²) in [5.41, 5.74) is 9.85. The average molecular weight is 554 g/mol. The number of aliphatic imine (C=N–C) groups is 1. The van der Waals surface area contributed by atoms with E-state index in [1.807, 2.05) is 0 Å². The van der Waals surface area contributed by atoms with Crippen LogP contribution in [0.5, 0.6) is 0 Å². The van der Waals surface area contributed by atoms with Crippen molar-refractivity contribution < 1.29 is 29.6 Å². The summed E-state index contributed by atoms with van der Waals surface area (Å²) >= 11 is 0. The molecule has 0 saturated carbocycles. The van der Waals surface area contributed by atoms with Crippen LogP contribution >= 0.6 is 0 Å². The van der Waals surface area contributed by atoms with Gasteiger partial charge in [-0.15, -0.1) is 0 Å². The molecule has 2 rings (SSSR count). The van der Waals surface area contributed by atoms with Gasteiger partial charge in [0.05, 0.1) is 6.61 Å². The maximum Gasteiger partial charge on any atom is 0.351 e. The fourth-order valence-electron chi connectivity index (χ4n) is 4.28. The van der Waals surface area contributed by atoms with Gasteiger partial charge in [-0.1, -0.05) is 45.4 Å². The van der Waals surface area contributed by atoms with Crippen LogP contribution in [-0.4, -0.2) is 80.1 Å². The van der Waals surface area contributed by atoms with E-state index in [2.05, 4.69) is 27.5 Å². The van der Waals surface area contributed by atoms with Gasteiger partial charge < -0.3 is 42.2 Å². The van der Waals surface area contributed by atoms with E-state index in [1.54, 1.807) is 0 Å². The zero-order valence-corrected chi connectivity index (χ0v) is 22.5. The molecule has 14 nitrogen and oxygen atoms in total. The van der Waals surface area contributed by atoms with Gasteiger partial charge in [0.15, 0.2) is 12.2 Å². The van der Waals surface area contributed by atoms with Crippen molar-refractivity contribution >= 4 is 23.6 Å². The lowest BCUT2D eigenvalue weighted by atomic mass is 10.1. The number of ether oxygens (including phenoxy) is 1. The van der Waals surface area contributed by atoms with Crippen LogP contribution in [0, 0.1) is 0 Å². The zero-order valence-electron chi connectivity index (χ0n) is 22.5. The molecular formula is C25H43N7O7. The first-order valence-electron chi connectivity index (χ1n) is 13.5. The molecule has 0 bridgehead atoms. The van der Waals surface area contributed by atoms with E-state index >= 15 is 0 Å². The van der Waals surface area contributed by atoms with Crippen LogP contribution in [0.4, 0.5) is 5.82 Å². The van der Waals surface area contributed by atoms with Gasteiger partial charge in [0, 0.05) is 19.2 Å². The van der Waals surface area contributed by atoms with E-state index in [0.29, 0.717) is 12.8 Å². The summed E-state index contributed by atoms with van der Waals surface area (Å²) in [6, 6.07) is 0.422. The molecule has 1 fully saturated rings. The van der Waals surface area contributed by atoms with Crippen molar-refractivity contribution in [3.8, 4) is 0 Å². The van der Waals surface area contributed by atoms with Gasteiger partial charge in [0.1, 0.15) is 30.2 Å². The Hall–Kier alpha value is -3.07. The van der Waals surface area contributed by atoms with Crippen molar-refractivity contribution in [3.63, 3.8) is 0 Å². The molecule has 1 aliphatic heterocycles. The Kier molecular flexibility index (Phi) is 13.8. The summed E-state index contributed by atoms with van der Waals surface area (Å²) in [6.45, 7) is 1.90. The topological polar surface area (TPSA) is 227 Å². The minimum atomic E-state index is -1.46. The highest BCUT2D eigenvalue weighted by Gasteiger charge is 2.43. The van der Waals surface area contributed by atoms with Crippen molar-refractivity contribution in [2.75, 3.05) is 18.5 Å². The van der Waals surface area contributed by atoms with Crippen LogP contribution in [0.1, 0.15) is 77.4 Å². The number of hydrogen-bond donors (Lipinski definition) is 7. The highest BCUT2D eigenvalue weighted by Crippen LogP contribution is 2.28. The van der Waals surface area contributed by atoms with E-state index in [-0.39, 0.29) is 30.7 Å². The molecular weight excluding hydrogens is 510 g/mol. The molecule has 14 heteroatoms. The molecule has 0 aromatic carbocycles. The molecule has 2 amide bonds. The minimum absolute atomic E-state index is 0.0662. The van der Waals surface area contributed by atoms with Gasteiger partial charge in [-0.3, -0.25) is 19.1 Å². The van der Waals surface area contributed by atoms with Gasteiger partial charge in [-0.2, -0.15) is 4.98 Å². The Bertz CT molecular complexity index is 999. The first-order valence-corrected chi connectivity index (χ1v) is 13.5. The number of aliphatic hydroxyl groups is 3. The number of nitrogens with one attached hydrogen (secondary N) is 2. The van der Waals surface area contributed by atoms with E-state index in [4.69, 9.17) is 16.2 Å². The standard InChI is InChI=1S/C25H43N7O7/c1-2-3-4-5-6-7-8-11-19(34)29-16(10-9-13-28-24(26)27)22(37)30-18-12-14-32(25(38)31-18)23-21(36)20(35)17(15-33)39-23/h12,14,16-17,20-21,23,33,35-36H,2-11,13,15H2,1H3,(H,29,34)(H4,26,27,28)(H,30,31,37,38)/t16-,17-,20-,21+,23-/m0/s1. The maximum absolute atomic E-state index is 13.0. The van der Waals surface area contributed by atoms with Crippen molar-refractivity contribution in [2.45, 2.75) is 102 Å². The van der Waals surface area contributed by atoms with Crippen molar-refractivity contribution in [3.05, 3.63) is 22.7 Å². The predicted molar refractivity (Wildman–Crippen MR) is 145 cm³/mol. The van der Waals surface area contributed by atoms with Crippen LogP contribution in [0.15, 0.2) is 22.1 Å². The summed E-state index contributed by atoms with van der Waals surface area (Å²) in [6.07, 6.45) is 4.54. The predicted octanol–water partition coefficient (Wildman–Crippen LogP) is -0.528. The maximum atomic E-state index is 13.0. The molecule has 39 heavy (non-hydrogen) atoms. The van der Waals surface area contributed by atoms with Crippen LogP contribution in [0.3, 0.4) is 0 Å². The van der Waals surface area contributed by atoms with Gasteiger partial charge in [0.2, 0.25) is 11.8 Å². The first-order chi connectivity index (χ1) is 18.7. The van der Waals surface area contributed by atoms with Crippen LogP contribution in [0.2, 0.25) is 0 Å². The largest absolute Gasteiger partial charge is 0.394 e. The number of amides is 2. The number of unbranched alkanes of at least 4 members (excludes halogenated alkanes) is 6. The molecule has 1 aromatic heterocycles. The van der Waals surface area contributed by atoms with Crippen molar-refractivity contribution in [1.82, 2.24) is 14.9 Å². The molecule has 9 N–H and O–H groups in total. The second-order valence-corrected chi connectivity index (χ2v) is 9.66. The number of hydrogen-bond acceptors (Lipinski definition) is 9. The highest BCUT2D eigenvalue weighted by molar-refractivity contribution is 5.96. The number of carbonyl (C=O) groups is 2. The molecule has 2 heterocycles. The van der Waals surface area contributed by atoms with Crippen molar-refractivity contribution in [1.29, 1.82) is 0 Å². The summed E-state index contributed by atoms with van der Waals surface area (Å²) < 4.78 is 6.31. The molecule has 5 atom stereocenters. The Balaban J connectivity index is 1.98. The third kappa shape index (κ3) is 10.5. The molecule has 0 unspecified atom stereocenters. The van der Waals surface area contributed by atoms with Crippen LogP contribution < -0.4 is 27.8 Å². The first kappa shape index (κ1) is 32.1. The fourth-order valence-corrected chi connectivity index (χ4v) is 4.28. The highest BCUT2D eigenvalue weighted by atomic mass is 16.6. The Labute approximate surface area is 227 Å². The number of aliphatic hydroxyl groups excluding tert-OH is 3. The number of aromatic nitrogens is 2. The number of rotatable bonds is 17. The van der Waals surface area contributed by atoms with Gasteiger partial charge in [-0.05, 0) is 25.3 Å². The van der Waals surface area contributed by atoms with E-state index < -0.39 is 48.8 Å². The normalized spacial score (nSPS) is 21.3. The molecule has 0 radical (unpaired) electrons. The zero-order chi connectivity index (χ0) is 28.8. The average Bonchev–Trinajstić information content (AvgIpc) is 3.18. The third-order valence-corrected chi connectivity index (χ3v) is 6.48. The van der Waals surface area contributed by atoms with Crippen LogP contribution in [0.25, 0.3) is 0 Å². The summed E-state index contributed by atoms with van der Waals surface area (Å²) in [7, 11) is 0. The van der Waals surface area contributed by atoms with Crippen molar-refractivity contribution in [2.24, 2.45) is 16.5 Å². The Morgan fingerprint density at radius 1 is 1.13 bits per heavy atom. The molecule has 1 aromatic rings.